The number of nitrogens with one attached hydrogen (secondary N) is 1. The van der Waals surface area contributed by atoms with Crippen LogP contribution in [0.4, 0.5) is 0 Å². The Morgan fingerprint density at radius 1 is 1.18 bits per heavy atom. The van der Waals surface area contributed by atoms with E-state index in [0.717, 1.165) is 25.6 Å². The minimum Gasteiger partial charge on any atom is -0.378 e. The summed E-state index contributed by atoms with van der Waals surface area (Å²) >= 11 is 0. The molecule has 1 N–H and O–H groups in total. The van der Waals surface area contributed by atoms with Crippen molar-refractivity contribution in [2.45, 2.75) is 71.3 Å². The second kappa shape index (κ2) is 9.90. The van der Waals surface area contributed by atoms with E-state index in [1.165, 1.54) is 51.4 Å². The van der Waals surface area contributed by atoms with Crippen molar-refractivity contribution in [3.05, 3.63) is 0 Å². The molecule has 2 heteroatoms. The van der Waals surface area contributed by atoms with Gasteiger partial charge in [-0.3, -0.25) is 0 Å². The third kappa shape index (κ3) is 7.77. The molecule has 0 aromatic rings. The Labute approximate surface area is 108 Å². The van der Waals surface area contributed by atoms with Gasteiger partial charge < -0.3 is 10.1 Å². The zero-order chi connectivity index (χ0) is 12.3. The van der Waals surface area contributed by atoms with E-state index >= 15 is 0 Å². The van der Waals surface area contributed by atoms with Gasteiger partial charge in [0.15, 0.2) is 0 Å². The molecule has 102 valence electrons. The van der Waals surface area contributed by atoms with Crippen LogP contribution in [-0.2, 0) is 4.74 Å². The molecule has 0 bridgehead atoms. The van der Waals surface area contributed by atoms with Crippen molar-refractivity contribution in [3.8, 4) is 0 Å². The summed E-state index contributed by atoms with van der Waals surface area (Å²) in [6.07, 6.45) is 11.2. The maximum atomic E-state index is 5.96. The van der Waals surface area contributed by atoms with Gasteiger partial charge in [0, 0.05) is 6.61 Å². The zero-order valence-corrected chi connectivity index (χ0v) is 11.8. The lowest BCUT2D eigenvalue weighted by Crippen LogP contribution is -2.20. The van der Waals surface area contributed by atoms with Gasteiger partial charge in [0.1, 0.15) is 0 Å². The van der Waals surface area contributed by atoms with Crippen LogP contribution in [0.2, 0.25) is 0 Å². The lowest BCUT2D eigenvalue weighted by molar-refractivity contribution is 0.0257. The lowest BCUT2D eigenvalue weighted by atomic mass is 9.90. The van der Waals surface area contributed by atoms with E-state index in [1.807, 2.05) is 0 Å². The average molecular weight is 241 g/mol. The van der Waals surface area contributed by atoms with Crippen LogP contribution in [0, 0.1) is 5.92 Å². The molecular weight excluding hydrogens is 210 g/mol. The van der Waals surface area contributed by atoms with Gasteiger partial charge in [-0.05, 0) is 58.0 Å². The zero-order valence-electron chi connectivity index (χ0n) is 11.8. The van der Waals surface area contributed by atoms with E-state index in [2.05, 4.69) is 19.2 Å². The van der Waals surface area contributed by atoms with Crippen molar-refractivity contribution in [3.63, 3.8) is 0 Å². The van der Waals surface area contributed by atoms with E-state index < -0.39 is 0 Å². The van der Waals surface area contributed by atoms with Gasteiger partial charge in [-0.2, -0.15) is 0 Å². The monoisotopic (exact) mass is 241 g/mol. The first-order valence-electron chi connectivity index (χ1n) is 7.65. The maximum absolute atomic E-state index is 5.96. The minimum absolute atomic E-state index is 0.445. The summed E-state index contributed by atoms with van der Waals surface area (Å²) in [6.45, 7) is 7.73. The normalized spacial score (nSPS) is 19.4. The largest absolute Gasteiger partial charge is 0.378 e. The SMILES string of the molecule is CCCNCCCC(C)OCC1CCCCC1. The van der Waals surface area contributed by atoms with Crippen LogP contribution in [0.5, 0.6) is 0 Å². The molecule has 1 aliphatic carbocycles. The minimum atomic E-state index is 0.445. The third-order valence-electron chi connectivity index (χ3n) is 3.73. The fourth-order valence-electron chi connectivity index (χ4n) is 2.55. The summed E-state index contributed by atoms with van der Waals surface area (Å²) < 4.78 is 5.96. The Morgan fingerprint density at radius 2 is 1.94 bits per heavy atom. The van der Waals surface area contributed by atoms with Gasteiger partial charge in [-0.1, -0.05) is 26.2 Å². The van der Waals surface area contributed by atoms with Crippen LogP contribution >= 0.6 is 0 Å². The van der Waals surface area contributed by atoms with Gasteiger partial charge in [0.05, 0.1) is 6.10 Å². The Hall–Kier alpha value is -0.0800. The van der Waals surface area contributed by atoms with Crippen molar-refractivity contribution < 1.29 is 4.74 Å². The van der Waals surface area contributed by atoms with Crippen molar-refractivity contribution in [1.29, 1.82) is 0 Å². The molecule has 2 nitrogen and oxygen atoms in total. The molecule has 17 heavy (non-hydrogen) atoms. The van der Waals surface area contributed by atoms with Crippen molar-refractivity contribution in [2.24, 2.45) is 5.92 Å². The molecule has 1 aliphatic rings. The first-order valence-corrected chi connectivity index (χ1v) is 7.65. The van der Waals surface area contributed by atoms with E-state index in [1.54, 1.807) is 0 Å². The predicted molar refractivity (Wildman–Crippen MR) is 74.4 cm³/mol. The van der Waals surface area contributed by atoms with Crippen LogP contribution in [0.3, 0.4) is 0 Å². The highest BCUT2D eigenvalue weighted by Gasteiger charge is 2.14. The average Bonchev–Trinajstić information content (AvgIpc) is 2.37. The van der Waals surface area contributed by atoms with Gasteiger partial charge in [-0.25, -0.2) is 0 Å². The Bertz CT molecular complexity index is 166. The van der Waals surface area contributed by atoms with Gasteiger partial charge in [-0.15, -0.1) is 0 Å². The molecule has 1 fully saturated rings. The number of hydrogen-bond acceptors (Lipinski definition) is 2. The predicted octanol–water partition coefficient (Wildman–Crippen LogP) is 3.75. The molecule has 1 unspecified atom stereocenters. The molecule has 0 saturated heterocycles. The second-order valence-corrected chi connectivity index (χ2v) is 5.54. The quantitative estimate of drug-likeness (QED) is 0.621. The highest BCUT2D eigenvalue weighted by atomic mass is 16.5. The highest BCUT2D eigenvalue weighted by Crippen LogP contribution is 2.24. The molecule has 0 amide bonds. The van der Waals surface area contributed by atoms with E-state index in [-0.39, 0.29) is 0 Å². The van der Waals surface area contributed by atoms with E-state index in [4.69, 9.17) is 4.74 Å². The Kier molecular flexibility index (Phi) is 8.72. The lowest BCUT2D eigenvalue weighted by Gasteiger charge is -2.23. The second-order valence-electron chi connectivity index (χ2n) is 5.54. The van der Waals surface area contributed by atoms with Crippen LogP contribution in [-0.4, -0.2) is 25.8 Å². The summed E-state index contributed by atoms with van der Waals surface area (Å²) in [5.41, 5.74) is 0. The standard InChI is InChI=1S/C15H31NO/c1-3-11-16-12-7-8-14(2)17-13-15-9-5-4-6-10-15/h14-16H,3-13H2,1-2H3. The molecule has 0 aliphatic heterocycles. The summed E-state index contributed by atoms with van der Waals surface area (Å²) in [4.78, 5) is 0. The van der Waals surface area contributed by atoms with Crippen molar-refractivity contribution in [1.82, 2.24) is 5.32 Å². The first-order chi connectivity index (χ1) is 8.33. The molecular formula is C15H31NO. The van der Waals surface area contributed by atoms with Crippen LogP contribution in [0.15, 0.2) is 0 Å². The highest BCUT2D eigenvalue weighted by molar-refractivity contribution is 4.65. The number of ether oxygens (including phenoxy) is 1. The first kappa shape index (κ1) is 15.0. The van der Waals surface area contributed by atoms with Crippen LogP contribution in [0.25, 0.3) is 0 Å². The Morgan fingerprint density at radius 3 is 2.65 bits per heavy atom. The Balaban J connectivity index is 1.91. The fraction of sp³-hybridized carbons (Fsp3) is 1.00. The van der Waals surface area contributed by atoms with Crippen molar-refractivity contribution in [2.75, 3.05) is 19.7 Å². The molecule has 0 aromatic heterocycles. The smallest absolute Gasteiger partial charge is 0.0547 e. The molecule has 0 aromatic carbocycles. The summed E-state index contributed by atoms with van der Waals surface area (Å²) in [7, 11) is 0. The molecule has 0 spiro atoms. The van der Waals surface area contributed by atoms with E-state index in [9.17, 15) is 0 Å². The van der Waals surface area contributed by atoms with Crippen LogP contribution < -0.4 is 5.32 Å². The molecule has 1 atom stereocenters. The topological polar surface area (TPSA) is 21.3 Å². The number of rotatable bonds is 9. The third-order valence-corrected chi connectivity index (χ3v) is 3.73. The maximum Gasteiger partial charge on any atom is 0.0547 e. The summed E-state index contributed by atoms with van der Waals surface area (Å²) in [6, 6.07) is 0. The van der Waals surface area contributed by atoms with Crippen molar-refractivity contribution >= 4 is 0 Å². The van der Waals surface area contributed by atoms with E-state index in [0.29, 0.717) is 6.10 Å². The summed E-state index contributed by atoms with van der Waals surface area (Å²) in [5, 5.41) is 3.44. The number of hydrogen-bond donors (Lipinski definition) is 1. The summed E-state index contributed by atoms with van der Waals surface area (Å²) in [5.74, 6) is 0.851. The van der Waals surface area contributed by atoms with Crippen LogP contribution in [0.1, 0.15) is 65.2 Å². The molecule has 0 radical (unpaired) electrons. The van der Waals surface area contributed by atoms with Gasteiger partial charge >= 0.3 is 0 Å². The van der Waals surface area contributed by atoms with Gasteiger partial charge in [0.25, 0.3) is 0 Å². The van der Waals surface area contributed by atoms with Gasteiger partial charge in [0.2, 0.25) is 0 Å². The molecule has 1 rings (SSSR count). The molecule has 1 saturated carbocycles. The fourth-order valence-corrected chi connectivity index (χ4v) is 2.55. The molecule has 0 heterocycles.